The number of carbonyl (C=O) groups is 1. The van der Waals surface area contributed by atoms with Gasteiger partial charge in [0.15, 0.2) is 11.5 Å². The molecule has 2 rings (SSSR count). The van der Waals surface area contributed by atoms with E-state index < -0.39 is 0 Å². The highest BCUT2D eigenvalue weighted by Gasteiger charge is 2.15. The van der Waals surface area contributed by atoms with Crippen LogP contribution in [-0.2, 0) is 11.2 Å². The Labute approximate surface area is 90.1 Å². The molecule has 1 aliphatic rings. The lowest BCUT2D eigenvalue weighted by Crippen LogP contribution is -2.15. The largest absolute Gasteiger partial charge is 0.486 e. The predicted octanol–water partition coefficient (Wildman–Crippen LogP) is 1.96. The Bertz CT molecular complexity index is 363. The molecule has 1 aromatic rings. The second-order valence-electron chi connectivity index (χ2n) is 2.97. The smallest absolute Gasteiger partial charge is 0.175 e. The van der Waals surface area contributed by atoms with Crippen molar-refractivity contribution in [1.29, 1.82) is 0 Å². The molecule has 0 aliphatic carbocycles. The minimum Gasteiger partial charge on any atom is -0.486 e. The Balaban J connectivity index is 2.40. The number of halogens is 1. The third-order valence-corrected chi connectivity index (χ3v) is 2.56. The predicted molar refractivity (Wildman–Crippen MR) is 54.9 cm³/mol. The molecule has 1 aromatic carbocycles. The number of aldehydes is 1. The average Bonchev–Trinajstić information content (AvgIpc) is 2.18. The summed E-state index contributed by atoms with van der Waals surface area (Å²) in [6.07, 6.45) is 1.27. The highest BCUT2D eigenvalue weighted by Crippen LogP contribution is 2.38. The molecule has 74 valence electrons. The molecule has 0 atom stereocenters. The van der Waals surface area contributed by atoms with Gasteiger partial charge < -0.3 is 14.3 Å². The van der Waals surface area contributed by atoms with Crippen molar-refractivity contribution >= 4 is 22.2 Å². The van der Waals surface area contributed by atoms with Crippen LogP contribution in [0.25, 0.3) is 0 Å². The third kappa shape index (κ3) is 1.75. The summed E-state index contributed by atoms with van der Waals surface area (Å²) in [7, 11) is 0. The maximum Gasteiger partial charge on any atom is 0.175 e. The van der Waals surface area contributed by atoms with Crippen LogP contribution in [0, 0.1) is 0 Å². The molecule has 0 unspecified atom stereocenters. The summed E-state index contributed by atoms with van der Waals surface area (Å²) in [5, 5.41) is 0. The van der Waals surface area contributed by atoms with Gasteiger partial charge >= 0.3 is 0 Å². The van der Waals surface area contributed by atoms with Crippen LogP contribution in [-0.4, -0.2) is 19.5 Å². The van der Waals surface area contributed by atoms with Gasteiger partial charge in [0.2, 0.25) is 0 Å². The summed E-state index contributed by atoms with van der Waals surface area (Å²) in [5.41, 5.74) is 0.927. The number of ether oxygens (including phenoxy) is 2. The maximum absolute atomic E-state index is 10.4. The van der Waals surface area contributed by atoms with Crippen LogP contribution in [0.2, 0.25) is 0 Å². The van der Waals surface area contributed by atoms with Crippen molar-refractivity contribution in [2.45, 2.75) is 6.42 Å². The van der Waals surface area contributed by atoms with Gasteiger partial charge in [-0.25, -0.2) is 0 Å². The Morgan fingerprint density at radius 3 is 2.93 bits per heavy atom. The lowest BCUT2D eigenvalue weighted by Gasteiger charge is -2.20. The van der Waals surface area contributed by atoms with E-state index in [-0.39, 0.29) is 0 Å². The zero-order chi connectivity index (χ0) is 9.97. The zero-order valence-electron chi connectivity index (χ0n) is 7.46. The Kier molecular flexibility index (Phi) is 2.72. The number of rotatable bonds is 2. The molecule has 1 aliphatic heterocycles. The number of hydrogen-bond donors (Lipinski definition) is 0. The van der Waals surface area contributed by atoms with Gasteiger partial charge in [0.25, 0.3) is 0 Å². The molecule has 0 saturated carbocycles. The van der Waals surface area contributed by atoms with E-state index in [0.717, 1.165) is 22.1 Å². The Hall–Kier alpha value is -1.03. The minimum atomic E-state index is 0.398. The van der Waals surface area contributed by atoms with Crippen LogP contribution in [0.1, 0.15) is 5.56 Å². The Morgan fingerprint density at radius 1 is 1.36 bits per heavy atom. The molecular formula is C10H9BrO3. The molecule has 3 nitrogen and oxygen atoms in total. The number of hydrogen-bond acceptors (Lipinski definition) is 3. The van der Waals surface area contributed by atoms with Crippen LogP contribution >= 0.6 is 15.9 Å². The summed E-state index contributed by atoms with van der Waals surface area (Å²) in [6, 6.07) is 3.72. The first kappa shape index (κ1) is 9.52. The van der Waals surface area contributed by atoms with E-state index in [4.69, 9.17) is 9.47 Å². The Morgan fingerprint density at radius 2 is 2.14 bits per heavy atom. The van der Waals surface area contributed by atoms with Crippen molar-refractivity contribution in [2.24, 2.45) is 0 Å². The lowest BCUT2D eigenvalue weighted by molar-refractivity contribution is -0.107. The van der Waals surface area contributed by atoms with Crippen LogP contribution in [0.15, 0.2) is 16.6 Å². The average molecular weight is 257 g/mol. The fraction of sp³-hybridized carbons (Fsp3) is 0.300. The van der Waals surface area contributed by atoms with Gasteiger partial charge in [0, 0.05) is 6.42 Å². The molecule has 0 aromatic heterocycles. The third-order valence-electron chi connectivity index (χ3n) is 1.98. The molecule has 1 heterocycles. The summed E-state index contributed by atoms with van der Waals surface area (Å²) >= 11 is 3.38. The molecular weight excluding hydrogens is 248 g/mol. The van der Waals surface area contributed by atoms with Gasteiger partial charge in [0.1, 0.15) is 19.5 Å². The molecule has 0 radical (unpaired) electrons. The van der Waals surface area contributed by atoms with E-state index in [0.29, 0.717) is 25.4 Å². The molecule has 4 heteroatoms. The monoisotopic (exact) mass is 256 g/mol. The van der Waals surface area contributed by atoms with E-state index in [1.807, 2.05) is 12.1 Å². The standard InChI is InChI=1S/C10H9BrO3/c11-8-5-7(1-2-12)6-9-10(8)14-4-3-13-9/h2,5-6H,1,3-4H2. The summed E-state index contributed by atoms with van der Waals surface area (Å²) < 4.78 is 11.7. The first-order valence-electron chi connectivity index (χ1n) is 4.33. The van der Waals surface area contributed by atoms with Crippen molar-refractivity contribution in [1.82, 2.24) is 0 Å². The maximum atomic E-state index is 10.4. The molecule has 0 N–H and O–H groups in total. The lowest BCUT2D eigenvalue weighted by atomic mass is 10.1. The van der Waals surface area contributed by atoms with Crippen LogP contribution in [0.4, 0.5) is 0 Å². The molecule has 0 amide bonds. The molecule has 0 saturated heterocycles. The zero-order valence-corrected chi connectivity index (χ0v) is 9.04. The van der Waals surface area contributed by atoms with E-state index in [1.54, 1.807) is 0 Å². The summed E-state index contributed by atoms with van der Waals surface area (Å²) in [5.74, 6) is 1.44. The first-order valence-corrected chi connectivity index (χ1v) is 5.12. The second-order valence-corrected chi connectivity index (χ2v) is 3.83. The first-order chi connectivity index (χ1) is 6.81. The number of fused-ring (bicyclic) bond motifs is 1. The fourth-order valence-electron chi connectivity index (χ4n) is 1.38. The van der Waals surface area contributed by atoms with Crippen LogP contribution in [0.3, 0.4) is 0 Å². The highest BCUT2D eigenvalue weighted by atomic mass is 79.9. The van der Waals surface area contributed by atoms with Crippen LogP contribution in [0.5, 0.6) is 11.5 Å². The van der Waals surface area contributed by atoms with E-state index in [1.165, 1.54) is 0 Å². The topological polar surface area (TPSA) is 35.5 Å². The molecule has 0 bridgehead atoms. The normalized spacial score (nSPS) is 13.8. The van der Waals surface area contributed by atoms with Gasteiger partial charge in [0.05, 0.1) is 4.47 Å². The van der Waals surface area contributed by atoms with Crippen molar-refractivity contribution in [2.75, 3.05) is 13.2 Å². The van der Waals surface area contributed by atoms with Gasteiger partial charge in [-0.2, -0.15) is 0 Å². The minimum absolute atomic E-state index is 0.398. The van der Waals surface area contributed by atoms with E-state index in [2.05, 4.69) is 15.9 Å². The highest BCUT2D eigenvalue weighted by molar-refractivity contribution is 9.10. The molecule has 14 heavy (non-hydrogen) atoms. The van der Waals surface area contributed by atoms with Gasteiger partial charge in [-0.15, -0.1) is 0 Å². The molecule has 0 fully saturated rings. The van der Waals surface area contributed by atoms with Crippen molar-refractivity contribution in [3.8, 4) is 11.5 Å². The van der Waals surface area contributed by atoms with Gasteiger partial charge in [-0.1, -0.05) is 0 Å². The SMILES string of the molecule is O=CCc1cc(Br)c2c(c1)OCCO2. The van der Waals surface area contributed by atoms with Crippen molar-refractivity contribution in [3.05, 3.63) is 22.2 Å². The second kappa shape index (κ2) is 4.00. The van der Waals surface area contributed by atoms with Crippen molar-refractivity contribution in [3.63, 3.8) is 0 Å². The fourth-order valence-corrected chi connectivity index (χ4v) is 1.98. The van der Waals surface area contributed by atoms with Gasteiger partial charge in [-0.05, 0) is 33.6 Å². The number of benzene rings is 1. The van der Waals surface area contributed by atoms with Crippen molar-refractivity contribution < 1.29 is 14.3 Å². The van der Waals surface area contributed by atoms with Crippen LogP contribution < -0.4 is 9.47 Å². The van der Waals surface area contributed by atoms with Gasteiger partial charge in [-0.3, -0.25) is 0 Å². The summed E-state index contributed by atoms with van der Waals surface area (Å²) in [4.78, 5) is 10.4. The number of carbonyl (C=O) groups excluding carboxylic acids is 1. The van der Waals surface area contributed by atoms with E-state index in [9.17, 15) is 4.79 Å². The quantitative estimate of drug-likeness (QED) is 0.760. The summed E-state index contributed by atoms with van der Waals surface area (Å²) in [6.45, 7) is 1.13. The van der Waals surface area contributed by atoms with E-state index >= 15 is 0 Å². The molecule has 0 spiro atoms.